The van der Waals surface area contributed by atoms with Gasteiger partial charge in [-0.25, -0.2) is 0 Å². The van der Waals surface area contributed by atoms with Gasteiger partial charge in [0, 0.05) is 23.9 Å². The first-order valence-corrected chi connectivity index (χ1v) is 7.07. The Kier molecular flexibility index (Phi) is 9.22. The van der Waals surface area contributed by atoms with Crippen molar-refractivity contribution in [2.75, 3.05) is 26.7 Å². The van der Waals surface area contributed by atoms with Crippen molar-refractivity contribution in [2.24, 2.45) is 11.7 Å². The summed E-state index contributed by atoms with van der Waals surface area (Å²) in [6.07, 6.45) is 4.32. The van der Waals surface area contributed by atoms with E-state index in [2.05, 4.69) is 16.8 Å². The van der Waals surface area contributed by atoms with Crippen LogP contribution in [0.2, 0.25) is 0 Å². The number of hydrogen-bond donors (Lipinski definition) is 1. The lowest BCUT2D eigenvalue weighted by molar-refractivity contribution is 0.178. The minimum Gasteiger partial charge on any atom is -0.496 e. The number of aromatic nitrogens is 1. The van der Waals surface area contributed by atoms with Gasteiger partial charge in [0.05, 0.1) is 12.8 Å². The molecule has 0 bridgehead atoms. The third-order valence-corrected chi connectivity index (χ3v) is 4.16. The van der Waals surface area contributed by atoms with E-state index in [-0.39, 0.29) is 24.8 Å². The molecular formula is C15H27Cl2N3O. The molecule has 122 valence electrons. The summed E-state index contributed by atoms with van der Waals surface area (Å²) in [6, 6.07) is 0. The van der Waals surface area contributed by atoms with Gasteiger partial charge in [-0.1, -0.05) is 0 Å². The molecule has 4 nitrogen and oxygen atoms in total. The molecule has 21 heavy (non-hydrogen) atoms. The van der Waals surface area contributed by atoms with Crippen LogP contribution in [-0.2, 0) is 6.54 Å². The summed E-state index contributed by atoms with van der Waals surface area (Å²) in [6.45, 7) is 8.12. The van der Waals surface area contributed by atoms with Gasteiger partial charge >= 0.3 is 0 Å². The third kappa shape index (κ3) is 4.99. The second kappa shape index (κ2) is 9.46. The summed E-state index contributed by atoms with van der Waals surface area (Å²) in [5.41, 5.74) is 9.14. The summed E-state index contributed by atoms with van der Waals surface area (Å²) in [7, 11) is 1.73. The standard InChI is InChI=1S/C15H25N3O.2ClH/c1-11-9-17-14(12(2)15(11)19-3)10-18-6-4-13(8-16)5-7-18;;/h9,13H,4-8,10,16H2,1-3H3;2*1H. The van der Waals surface area contributed by atoms with E-state index in [1.165, 1.54) is 18.4 Å². The van der Waals surface area contributed by atoms with E-state index in [0.717, 1.165) is 43.2 Å². The summed E-state index contributed by atoms with van der Waals surface area (Å²) in [5, 5.41) is 0. The number of ether oxygens (including phenoxy) is 1. The summed E-state index contributed by atoms with van der Waals surface area (Å²) >= 11 is 0. The fourth-order valence-electron chi connectivity index (χ4n) is 2.82. The predicted octanol–water partition coefficient (Wildman–Crippen LogP) is 2.72. The fraction of sp³-hybridized carbons (Fsp3) is 0.667. The Bertz CT molecular complexity index is 435. The molecule has 0 saturated carbocycles. The van der Waals surface area contributed by atoms with Gasteiger partial charge in [0.1, 0.15) is 5.75 Å². The second-order valence-electron chi connectivity index (χ2n) is 5.50. The highest BCUT2D eigenvalue weighted by Crippen LogP contribution is 2.26. The van der Waals surface area contributed by atoms with Crippen molar-refractivity contribution in [2.45, 2.75) is 33.2 Å². The molecule has 0 aromatic carbocycles. The number of nitrogens with zero attached hydrogens (tertiary/aromatic N) is 2. The number of pyridine rings is 1. The maximum atomic E-state index is 5.73. The molecule has 0 radical (unpaired) electrons. The predicted molar refractivity (Wildman–Crippen MR) is 91.8 cm³/mol. The van der Waals surface area contributed by atoms with Gasteiger partial charge in [-0.15, -0.1) is 24.8 Å². The highest BCUT2D eigenvalue weighted by molar-refractivity contribution is 5.85. The minimum atomic E-state index is 0. The monoisotopic (exact) mass is 335 g/mol. The van der Waals surface area contributed by atoms with Crippen molar-refractivity contribution < 1.29 is 4.74 Å². The summed E-state index contributed by atoms with van der Waals surface area (Å²) in [4.78, 5) is 7.04. The van der Waals surface area contributed by atoms with Crippen LogP contribution in [0.15, 0.2) is 6.20 Å². The second-order valence-corrected chi connectivity index (χ2v) is 5.50. The highest BCUT2D eigenvalue weighted by atomic mass is 35.5. The van der Waals surface area contributed by atoms with E-state index < -0.39 is 0 Å². The van der Waals surface area contributed by atoms with Crippen LogP contribution >= 0.6 is 24.8 Å². The molecule has 1 aliphatic rings. The molecular weight excluding hydrogens is 309 g/mol. The van der Waals surface area contributed by atoms with E-state index in [1.54, 1.807) is 7.11 Å². The van der Waals surface area contributed by atoms with Gasteiger partial charge in [-0.2, -0.15) is 0 Å². The normalized spacial score (nSPS) is 16.0. The van der Waals surface area contributed by atoms with Crippen LogP contribution in [-0.4, -0.2) is 36.6 Å². The smallest absolute Gasteiger partial charge is 0.128 e. The maximum Gasteiger partial charge on any atom is 0.128 e. The van der Waals surface area contributed by atoms with Crippen molar-refractivity contribution in [3.8, 4) is 5.75 Å². The fourth-order valence-corrected chi connectivity index (χ4v) is 2.82. The topological polar surface area (TPSA) is 51.4 Å². The molecule has 1 saturated heterocycles. The number of likely N-dealkylation sites (tertiary alicyclic amines) is 1. The molecule has 1 aromatic rings. The number of nitrogens with two attached hydrogens (primary N) is 1. The maximum absolute atomic E-state index is 5.73. The molecule has 0 amide bonds. The van der Waals surface area contributed by atoms with E-state index in [9.17, 15) is 0 Å². The van der Waals surface area contributed by atoms with Crippen molar-refractivity contribution in [3.05, 3.63) is 23.0 Å². The molecule has 1 fully saturated rings. The average molecular weight is 336 g/mol. The number of rotatable bonds is 4. The van der Waals surface area contributed by atoms with Gasteiger partial charge in [-0.3, -0.25) is 9.88 Å². The largest absolute Gasteiger partial charge is 0.496 e. The Labute approximate surface area is 140 Å². The van der Waals surface area contributed by atoms with Gasteiger partial charge in [-0.05, 0) is 52.2 Å². The molecule has 0 aliphatic carbocycles. The van der Waals surface area contributed by atoms with Crippen LogP contribution in [0.3, 0.4) is 0 Å². The first-order chi connectivity index (χ1) is 9.15. The Morgan fingerprint density at radius 2 is 1.90 bits per heavy atom. The quantitative estimate of drug-likeness (QED) is 0.919. The zero-order valence-corrected chi connectivity index (χ0v) is 14.7. The lowest BCUT2D eigenvalue weighted by atomic mass is 9.97. The molecule has 2 heterocycles. The molecule has 1 aliphatic heterocycles. The van der Waals surface area contributed by atoms with E-state index in [1.807, 2.05) is 13.1 Å². The van der Waals surface area contributed by atoms with Crippen molar-refractivity contribution in [3.63, 3.8) is 0 Å². The van der Waals surface area contributed by atoms with E-state index in [0.29, 0.717) is 5.92 Å². The van der Waals surface area contributed by atoms with E-state index in [4.69, 9.17) is 10.5 Å². The number of hydrogen-bond acceptors (Lipinski definition) is 4. The lowest BCUT2D eigenvalue weighted by Crippen LogP contribution is -2.36. The molecule has 6 heteroatoms. The van der Waals surface area contributed by atoms with Crippen LogP contribution in [0, 0.1) is 19.8 Å². The van der Waals surface area contributed by atoms with Crippen LogP contribution in [0.4, 0.5) is 0 Å². The van der Waals surface area contributed by atoms with Crippen molar-refractivity contribution in [1.29, 1.82) is 0 Å². The highest BCUT2D eigenvalue weighted by Gasteiger charge is 2.19. The summed E-state index contributed by atoms with van der Waals surface area (Å²) < 4.78 is 5.46. The molecule has 2 rings (SSSR count). The zero-order valence-electron chi connectivity index (χ0n) is 13.1. The third-order valence-electron chi connectivity index (χ3n) is 4.16. The van der Waals surface area contributed by atoms with Crippen molar-refractivity contribution >= 4 is 24.8 Å². The zero-order chi connectivity index (χ0) is 13.8. The first kappa shape index (κ1) is 20.5. The Hall–Kier alpha value is -0.550. The lowest BCUT2D eigenvalue weighted by Gasteiger charge is -2.31. The molecule has 0 unspecified atom stereocenters. The molecule has 0 spiro atoms. The Morgan fingerprint density at radius 1 is 1.29 bits per heavy atom. The summed E-state index contributed by atoms with van der Waals surface area (Å²) in [5.74, 6) is 1.68. The first-order valence-electron chi connectivity index (χ1n) is 7.07. The van der Waals surface area contributed by atoms with Crippen molar-refractivity contribution in [1.82, 2.24) is 9.88 Å². The molecule has 2 N–H and O–H groups in total. The van der Waals surface area contributed by atoms with Gasteiger partial charge in [0.15, 0.2) is 0 Å². The van der Waals surface area contributed by atoms with Gasteiger partial charge in [0.25, 0.3) is 0 Å². The van der Waals surface area contributed by atoms with Crippen LogP contribution in [0.25, 0.3) is 0 Å². The molecule has 0 atom stereocenters. The number of methoxy groups -OCH3 is 1. The van der Waals surface area contributed by atoms with Crippen LogP contribution < -0.4 is 10.5 Å². The van der Waals surface area contributed by atoms with Crippen LogP contribution in [0.5, 0.6) is 5.75 Å². The van der Waals surface area contributed by atoms with Gasteiger partial charge < -0.3 is 10.5 Å². The Morgan fingerprint density at radius 3 is 2.43 bits per heavy atom. The Balaban J connectivity index is 0.00000200. The number of aryl methyl sites for hydroxylation is 1. The van der Waals surface area contributed by atoms with E-state index >= 15 is 0 Å². The average Bonchev–Trinajstić information content (AvgIpc) is 2.43. The minimum absolute atomic E-state index is 0. The molecule has 1 aromatic heterocycles. The van der Waals surface area contributed by atoms with Gasteiger partial charge in [0.2, 0.25) is 0 Å². The van der Waals surface area contributed by atoms with Crippen LogP contribution in [0.1, 0.15) is 29.7 Å². The number of halogens is 2. The number of piperidine rings is 1. The SMILES string of the molecule is COc1c(C)cnc(CN2CCC(CN)CC2)c1C.Cl.Cl.